The van der Waals surface area contributed by atoms with Crippen LogP contribution in [0.15, 0.2) is 53.4 Å². The van der Waals surface area contributed by atoms with Crippen molar-refractivity contribution in [3.63, 3.8) is 0 Å². The number of alkyl halides is 3. The average molecular weight is 410 g/mol. The Hall–Kier alpha value is -1.81. The molecule has 5 nitrogen and oxygen atoms in total. The molecule has 0 aromatic heterocycles. The molecule has 0 aliphatic heterocycles. The molecule has 0 heterocycles. The lowest BCUT2D eigenvalue weighted by Crippen LogP contribution is -2.51. The van der Waals surface area contributed by atoms with Crippen LogP contribution in [0.25, 0.3) is 0 Å². The Bertz CT molecular complexity index is 875. The second kappa shape index (κ2) is 7.43. The van der Waals surface area contributed by atoms with Crippen LogP contribution in [-0.4, -0.2) is 33.4 Å². The van der Waals surface area contributed by atoms with Crippen LogP contribution < -0.4 is 9.46 Å². The molecule has 0 unspecified atom stereocenters. The largest absolute Gasteiger partial charge is 0.495 e. The van der Waals surface area contributed by atoms with Gasteiger partial charge in [0, 0.05) is 0 Å². The predicted octanol–water partition coefficient (Wildman–Crippen LogP) is 3.08. The van der Waals surface area contributed by atoms with Crippen LogP contribution in [0.3, 0.4) is 0 Å². The van der Waals surface area contributed by atoms with Crippen molar-refractivity contribution < 1.29 is 31.4 Å². The molecule has 2 rings (SSSR count). The van der Waals surface area contributed by atoms with Gasteiger partial charge in [0.2, 0.25) is 10.0 Å². The summed E-state index contributed by atoms with van der Waals surface area (Å²) in [4.78, 5) is -0.360. The summed E-state index contributed by atoms with van der Waals surface area (Å²) in [5.74, 6) is 0.210. The smallest absolute Gasteiger partial charge is 0.422 e. The van der Waals surface area contributed by atoms with E-state index in [1.165, 1.54) is 31.4 Å². The number of hydrogen-bond acceptors (Lipinski definition) is 4. The summed E-state index contributed by atoms with van der Waals surface area (Å²) in [6.07, 6.45) is -5.10. The average Bonchev–Trinajstić information content (AvgIpc) is 2.59. The first-order chi connectivity index (χ1) is 12.0. The Morgan fingerprint density at radius 2 is 1.77 bits per heavy atom. The lowest BCUT2D eigenvalue weighted by atomic mass is 9.93. The molecule has 0 saturated heterocycles. The van der Waals surface area contributed by atoms with E-state index in [0.29, 0.717) is 0 Å². The third kappa shape index (κ3) is 4.12. The molecule has 0 amide bonds. The van der Waals surface area contributed by atoms with E-state index in [-0.39, 0.29) is 15.7 Å². The minimum atomic E-state index is -5.10. The van der Waals surface area contributed by atoms with Gasteiger partial charge >= 0.3 is 6.18 Å². The van der Waals surface area contributed by atoms with Gasteiger partial charge in [0.15, 0.2) is 5.60 Å². The summed E-state index contributed by atoms with van der Waals surface area (Å²) >= 11 is 5.85. The zero-order valence-corrected chi connectivity index (χ0v) is 15.0. The van der Waals surface area contributed by atoms with Gasteiger partial charge in [0.25, 0.3) is 0 Å². The molecule has 142 valence electrons. The molecular formula is C16H15ClF3NO4S. The first kappa shape index (κ1) is 20.5. The minimum absolute atomic E-state index is 0.0236. The molecule has 0 aliphatic carbocycles. The number of hydrogen-bond donors (Lipinski definition) is 2. The molecule has 2 N–H and O–H groups in total. The maximum atomic E-state index is 13.4. The van der Waals surface area contributed by atoms with Crippen LogP contribution in [0.2, 0.25) is 5.02 Å². The maximum absolute atomic E-state index is 13.4. The fourth-order valence-electron chi connectivity index (χ4n) is 2.18. The van der Waals surface area contributed by atoms with Crippen molar-refractivity contribution in [1.82, 2.24) is 4.72 Å². The molecular weight excluding hydrogens is 395 g/mol. The topological polar surface area (TPSA) is 75.6 Å². The predicted molar refractivity (Wildman–Crippen MR) is 89.6 cm³/mol. The summed E-state index contributed by atoms with van der Waals surface area (Å²) in [5.41, 5.74) is -3.87. The van der Waals surface area contributed by atoms with E-state index in [4.69, 9.17) is 16.3 Å². The maximum Gasteiger partial charge on any atom is 0.422 e. The van der Waals surface area contributed by atoms with Gasteiger partial charge in [-0.05, 0) is 23.8 Å². The number of sulfonamides is 1. The highest BCUT2D eigenvalue weighted by molar-refractivity contribution is 7.89. The third-order valence-corrected chi connectivity index (χ3v) is 5.37. The van der Waals surface area contributed by atoms with E-state index in [1.807, 2.05) is 0 Å². The van der Waals surface area contributed by atoms with Gasteiger partial charge in [-0.15, -0.1) is 0 Å². The SMILES string of the molecule is COc1ccc(S(=O)(=O)NC[C@@](O)(c2ccccc2)C(F)(F)F)cc1Cl. The molecule has 0 radical (unpaired) electrons. The molecule has 0 aliphatic rings. The Morgan fingerprint density at radius 1 is 1.15 bits per heavy atom. The third-order valence-electron chi connectivity index (χ3n) is 3.67. The second-order valence-electron chi connectivity index (χ2n) is 5.34. The number of halogens is 4. The van der Waals surface area contributed by atoms with Crippen LogP contribution in [0, 0.1) is 0 Å². The summed E-state index contributed by atoms with van der Waals surface area (Å²) in [5, 5.41) is 10.1. The summed E-state index contributed by atoms with van der Waals surface area (Å²) in [7, 11) is -3.03. The lowest BCUT2D eigenvalue weighted by Gasteiger charge is -2.31. The molecule has 0 spiro atoms. The van der Waals surface area contributed by atoms with E-state index < -0.39 is 33.9 Å². The highest BCUT2D eigenvalue weighted by Gasteiger charge is 2.55. The number of aliphatic hydroxyl groups is 1. The number of benzene rings is 2. The molecule has 1 atom stereocenters. The number of rotatable bonds is 6. The zero-order chi connectivity index (χ0) is 19.6. The first-order valence-corrected chi connectivity index (χ1v) is 9.05. The van der Waals surface area contributed by atoms with Crippen LogP contribution >= 0.6 is 11.6 Å². The monoisotopic (exact) mass is 409 g/mol. The van der Waals surface area contributed by atoms with Crippen molar-refractivity contribution >= 4 is 21.6 Å². The van der Waals surface area contributed by atoms with Crippen molar-refractivity contribution in [3.8, 4) is 5.75 Å². The Balaban J connectivity index is 2.32. The standard InChI is InChI=1S/C16H15ClF3NO4S/c1-25-14-8-7-12(9-13(14)17)26(23,24)21-10-15(22,16(18,19)20)11-5-3-2-4-6-11/h2-9,21-22H,10H2,1H3/t15-/m1/s1. The van der Waals surface area contributed by atoms with Gasteiger partial charge in [-0.2, -0.15) is 13.2 Å². The van der Waals surface area contributed by atoms with Crippen molar-refractivity contribution in [3.05, 3.63) is 59.1 Å². The molecule has 0 fully saturated rings. The highest BCUT2D eigenvalue weighted by atomic mass is 35.5. The zero-order valence-electron chi connectivity index (χ0n) is 13.4. The number of methoxy groups -OCH3 is 1. The van der Waals surface area contributed by atoms with Crippen molar-refractivity contribution in [1.29, 1.82) is 0 Å². The minimum Gasteiger partial charge on any atom is -0.495 e. The van der Waals surface area contributed by atoms with Gasteiger partial charge in [-0.1, -0.05) is 41.9 Å². The highest BCUT2D eigenvalue weighted by Crippen LogP contribution is 2.38. The van der Waals surface area contributed by atoms with E-state index >= 15 is 0 Å². The van der Waals surface area contributed by atoms with E-state index in [9.17, 15) is 26.7 Å². The van der Waals surface area contributed by atoms with Gasteiger partial charge < -0.3 is 9.84 Å². The van der Waals surface area contributed by atoms with Crippen molar-refractivity contribution in [2.75, 3.05) is 13.7 Å². The first-order valence-electron chi connectivity index (χ1n) is 7.19. The fourth-order valence-corrected chi connectivity index (χ4v) is 3.59. The van der Waals surface area contributed by atoms with E-state index in [1.54, 1.807) is 4.72 Å². The number of ether oxygens (including phenoxy) is 1. The molecule has 2 aromatic rings. The van der Waals surface area contributed by atoms with Crippen molar-refractivity contribution in [2.45, 2.75) is 16.7 Å². The molecule has 0 saturated carbocycles. The van der Waals surface area contributed by atoms with Crippen LogP contribution in [0.5, 0.6) is 5.75 Å². The fraction of sp³-hybridized carbons (Fsp3) is 0.250. The van der Waals surface area contributed by atoms with Crippen LogP contribution in [0.4, 0.5) is 13.2 Å². The van der Waals surface area contributed by atoms with Gasteiger partial charge in [0.1, 0.15) is 5.75 Å². The number of nitrogens with one attached hydrogen (secondary N) is 1. The summed E-state index contributed by atoms with van der Waals surface area (Å²) < 4.78 is 71.5. The molecule has 0 bridgehead atoms. The van der Waals surface area contributed by atoms with Crippen LogP contribution in [0.1, 0.15) is 5.56 Å². The van der Waals surface area contributed by atoms with Gasteiger partial charge in [-0.3, -0.25) is 0 Å². The second-order valence-corrected chi connectivity index (χ2v) is 7.52. The van der Waals surface area contributed by atoms with E-state index in [0.717, 1.165) is 24.3 Å². The molecule has 26 heavy (non-hydrogen) atoms. The quantitative estimate of drug-likeness (QED) is 0.768. The van der Waals surface area contributed by atoms with Crippen molar-refractivity contribution in [2.24, 2.45) is 0 Å². The molecule has 10 heteroatoms. The Kier molecular flexibility index (Phi) is 5.86. The normalized spacial score (nSPS) is 14.7. The lowest BCUT2D eigenvalue weighted by molar-refractivity contribution is -0.263. The summed E-state index contributed by atoms with van der Waals surface area (Å²) in [6.45, 7) is -1.30. The Morgan fingerprint density at radius 3 is 2.27 bits per heavy atom. The molecule has 2 aromatic carbocycles. The summed E-state index contributed by atoms with van der Waals surface area (Å²) in [6, 6.07) is 9.65. The van der Waals surface area contributed by atoms with Gasteiger partial charge in [-0.25, -0.2) is 13.1 Å². The van der Waals surface area contributed by atoms with E-state index in [2.05, 4.69) is 0 Å². The van der Waals surface area contributed by atoms with Crippen LogP contribution in [-0.2, 0) is 15.6 Å². The Labute approximate surface area is 153 Å². The van der Waals surface area contributed by atoms with Gasteiger partial charge in [0.05, 0.1) is 23.6 Å².